The molecule has 36 heavy (non-hydrogen) atoms. The van der Waals surface area contributed by atoms with Crippen LogP contribution < -0.4 is 0 Å². The van der Waals surface area contributed by atoms with Gasteiger partial charge in [0.2, 0.25) is 0 Å². The van der Waals surface area contributed by atoms with Crippen LogP contribution in [0.2, 0.25) is 0 Å². The normalized spacial score (nSPS) is 12.3. The molecule has 0 unspecified atom stereocenters. The molecule has 0 N–H and O–H groups in total. The third-order valence-corrected chi connectivity index (χ3v) is 5.31. The van der Waals surface area contributed by atoms with E-state index in [-0.39, 0.29) is 30.5 Å². The monoisotopic (exact) mass is 524 g/mol. The summed E-state index contributed by atoms with van der Waals surface area (Å²) < 4.78 is 138. The molecule has 0 atom stereocenters. The van der Waals surface area contributed by atoms with Crippen LogP contribution in [0.4, 0.5) is 43.9 Å². The topological polar surface area (TPSA) is 9.23 Å². The summed E-state index contributed by atoms with van der Waals surface area (Å²) in [7, 11) is 0. The van der Waals surface area contributed by atoms with Crippen LogP contribution in [-0.2, 0) is 30.1 Å². The van der Waals surface area contributed by atoms with Crippen molar-refractivity contribution >= 4 is 0 Å². The van der Waals surface area contributed by atoms with Crippen LogP contribution >= 0.6 is 0 Å². The molecule has 11 heteroatoms. The van der Waals surface area contributed by atoms with Gasteiger partial charge < -0.3 is 0 Å². The first kappa shape index (κ1) is 27.5. The number of hydrogen-bond acceptors (Lipinski definition) is 1. The van der Waals surface area contributed by atoms with Crippen molar-refractivity contribution in [1.29, 1.82) is 0 Å². The van der Waals surface area contributed by atoms with Gasteiger partial charge in [-0.2, -0.15) is 8.78 Å². The van der Waals surface area contributed by atoms with E-state index in [1.807, 2.05) is 6.92 Å². The molecular formula is C25H18F10O. The fourth-order valence-corrected chi connectivity index (χ4v) is 3.75. The molecule has 3 aromatic carbocycles. The van der Waals surface area contributed by atoms with E-state index in [0.717, 1.165) is 24.1 Å². The number of alkyl halides is 5. The molecule has 194 valence electrons. The van der Waals surface area contributed by atoms with Crippen molar-refractivity contribution in [3.8, 4) is 11.1 Å². The number of ether oxygens (including phenoxy) is 1. The number of rotatable bonds is 8. The van der Waals surface area contributed by atoms with Crippen molar-refractivity contribution in [1.82, 2.24) is 0 Å². The lowest BCUT2D eigenvalue weighted by Crippen LogP contribution is -2.29. The summed E-state index contributed by atoms with van der Waals surface area (Å²) in [6, 6.07) is 6.47. The molecule has 0 aliphatic carbocycles. The molecule has 3 rings (SSSR count). The Balaban J connectivity index is 1.87. The van der Waals surface area contributed by atoms with E-state index in [9.17, 15) is 43.9 Å². The van der Waals surface area contributed by atoms with Crippen molar-refractivity contribution in [3.63, 3.8) is 0 Å². The van der Waals surface area contributed by atoms with Crippen molar-refractivity contribution in [2.24, 2.45) is 0 Å². The Morgan fingerprint density at radius 3 is 1.69 bits per heavy atom. The molecule has 0 bridgehead atoms. The molecule has 0 aromatic heterocycles. The summed E-state index contributed by atoms with van der Waals surface area (Å²) in [4.78, 5) is 0. The molecular weight excluding hydrogens is 506 g/mol. The zero-order valence-corrected chi connectivity index (χ0v) is 18.6. The molecule has 0 amide bonds. The van der Waals surface area contributed by atoms with Gasteiger partial charge in [0, 0.05) is 0 Å². The summed E-state index contributed by atoms with van der Waals surface area (Å²) >= 11 is 0. The summed E-state index contributed by atoms with van der Waals surface area (Å²) in [6.45, 7) is 1.94. The van der Waals surface area contributed by atoms with Gasteiger partial charge in [-0.1, -0.05) is 25.5 Å². The Morgan fingerprint density at radius 2 is 1.19 bits per heavy atom. The molecule has 0 spiro atoms. The van der Waals surface area contributed by atoms with Gasteiger partial charge in [0.05, 0.1) is 5.56 Å². The van der Waals surface area contributed by atoms with Crippen LogP contribution in [-0.4, -0.2) is 6.36 Å². The molecule has 3 aromatic rings. The maximum Gasteiger partial charge on any atom is 0.527 e. The van der Waals surface area contributed by atoms with Crippen LogP contribution in [0, 0.1) is 29.1 Å². The van der Waals surface area contributed by atoms with E-state index in [4.69, 9.17) is 0 Å². The summed E-state index contributed by atoms with van der Waals surface area (Å²) in [6.07, 6.45) is -9.76. The molecule has 1 nitrogen and oxygen atoms in total. The Labute approximate surface area is 199 Å². The Morgan fingerprint density at radius 1 is 0.639 bits per heavy atom. The number of hydrogen-bond donors (Lipinski definition) is 0. The van der Waals surface area contributed by atoms with Gasteiger partial charge >= 0.3 is 12.5 Å². The van der Waals surface area contributed by atoms with Crippen LogP contribution in [0.15, 0.2) is 42.5 Å². The van der Waals surface area contributed by atoms with Gasteiger partial charge in [0.15, 0.2) is 0 Å². The second kappa shape index (κ2) is 10.5. The first-order valence-corrected chi connectivity index (χ1v) is 10.6. The minimum absolute atomic E-state index is 0.000822. The van der Waals surface area contributed by atoms with Gasteiger partial charge in [0.25, 0.3) is 0 Å². The number of benzene rings is 3. The SMILES string of the molecule is CCCc1ccc(CCc2cc(F)c(-c3cc(F)c(C(F)(F)OC(F)(F)F)c(F)c3)c(F)c2)c(F)c1. The maximum atomic E-state index is 14.7. The number of halogens is 10. The minimum Gasteiger partial charge on any atom is -0.222 e. The lowest BCUT2D eigenvalue weighted by molar-refractivity contribution is -0.432. The van der Waals surface area contributed by atoms with Gasteiger partial charge in [-0.05, 0) is 71.8 Å². The van der Waals surface area contributed by atoms with E-state index in [1.165, 1.54) is 6.07 Å². The van der Waals surface area contributed by atoms with Crippen LogP contribution in [0.5, 0.6) is 0 Å². The van der Waals surface area contributed by atoms with Gasteiger partial charge in [0.1, 0.15) is 34.6 Å². The Hall–Kier alpha value is -3.08. The molecule has 0 heterocycles. The quantitative estimate of drug-likeness (QED) is 0.269. The van der Waals surface area contributed by atoms with Crippen molar-refractivity contribution in [2.75, 3.05) is 0 Å². The average Bonchev–Trinajstić information content (AvgIpc) is 2.70. The van der Waals surface area contributed by atoms with Crippen molar-refractivity contribution in [3.05, 3.63) is 93.8 Å². The van der Waals surface area contributed by atoms with Crippen molar-refractivity contribution < 1.29 is 48.6 Å². The van der Waals surface area contributed by atoms with Gasteiger partial charge in [-0.25, -0.2) is 26.7 Å². The summed E-state index contributed by atoms with van der Waals surface area (Å²) in [5.41, 5.74) is -3.04. The first-order chi connectivity index (χ1) is 16.7. The molecule has 0 saturated heterocycles. The maximum absolute atomic E-state index is 14.7. The van der Waals surface area contributed by atoms with Crippen LogP contribution in [0.3, 0.4) is 0 Å². The second-order valence-corrected chi connectivity index (χ2v) is 7.99. The smallest absolute Gasteiger partial charge is 0.222 e. The molecule has 0 fully saturated rings. The first-order valence-electron chi connectivity index (χ1n) is 10.6. The van der Waals surface area contributed by atoms with E-state index < -0.39 is 58.2 Å². The average molecular weight is 524 g/mol. The second-order valence-electron chi connectivity index (χ2n) is 7.99. The van der Waals surface area contributed by atoms with Crippen molar-refractivity contribution in [2.45, 2.75) is 45.1 Å². The van der Waals surface area contributed by atoms with Crippen LogP contribution in [0.1, 0.15) is 35.6 Å². The third kappa shape index (κ3) is 6.37. The van der Waals surface area contributed by atoms with E-state index >= 15 is 0 Å². The van der Waals surface area contributed by atoms with Gasteiger partial charge in [-0.15, -0.1) is 13.2 Å². The zero-order valence-electron chi connectivity index (χ0n) is 18.6. The highest BCUT2D eigenvalue weighted by molar-refractivity contribution is 5.66. The fraction of sp³-hybridized carbons (Fsp3) is 0.280. The summed E-state index contributed by atoms with van der Waals surface area (Å²) in [5, 5.41) is 0. The molecule has 0 aliphatic heterocycles. The standard InChI is InChI=1S/C25H18F10O/c1-2-3-13-4-6-15(17(26)8-13)7-5-14-9-18(27)22(19(28)10-14)16-11-20(29)23(21(30)12-16)24(31,32)36-25(33,34)35/h4,6,8-12H,2-3,5,7H2,1H3. The summed E-state index contributed by atoms with van der Waals surface area (Å²) in [5.74, 6) is -7.51. The predicted molar refractivity (Wildman–Crippen MR) is 111 cm³/mol. The van der Waals surface area contributed by atoms with E-state index in [0.29, 0.717) is 12.0 Å². The molecule has 0 saturated carbocycles. The van der Waals surface area contributed by atoms with Gasteiger partial charge in [-0.3, -0.25) is 0 Å². The Kier molecular flexibility index (Phi) is 8.02. The fourth-order valence-electron chi connectivity index (χ4n) is 3.75. The Bertz CT molecular complexity index is 1200. The van der Waals surface area contributed by atoms with Crippen LogP contribution in [0.25, 0.3) is 11.1 Å². The molecule has 0 aliphatic rings. The lowest BCUT2D eigenvalue weighted by atomic mass is 9.97. The lowest BCUT2D eigenvalue weighted by Gasteiger charge is -2.20. The molecule has 0 radical (unpaired) electrons. The largest absolute Gasteiger partial charge is 0.527 e. The number of aryl methyl sites for hydroxylation is 3. The highest BCUT2D eigenvalue weighted by Crippen LogP contribution is 2.40. The third-order valence-electron chi connectivity index (χ3n) is 5.31. The minimum atomic E-state index is -5.92. The predicted octanol–water partition coefficient (Wildman–Crippen LogP) is 8.37. The zero-order chi connectivity index (χ0) is 26.8. The highest BCUT2D eigenvalue weighted by Gasteiger charge is 2.49. The van der Waals surface area contributed by atoms with E-state index in [1.54, 1.807) is 12.1 Å². The van der Waals surface area contributed by atoms with E-state index in [2.05, 4.69) is 4.74 Å². The highest BCUT2D eigenvalue weighted by atomic mass is 19.4.